The van der Waals surface area contributed by atoms with Crippen LogP contribution in [0.15, 0.2) is 42.5 Å². The molecule has 2 heterocycles. The van der Waals surface area contributed by atoms with Gasteiger partial charge >= 0.3 is 0 Å². The van der Waals surface area contributed by atoms with Crippen molar-refractivity contribution in [2.75, 3.05) is 26.4 Å². The van der Waals surface area contributed by atoms with Gasteiger partial charge in [-0.05, 0) is 68.2 Å². The van der Waals surface area contributed by atoms with E-state index in [0.717, 1.165) is 38.7 Å². The van der Waals surface area contributed by atoms with Crippen LogP contribution in [0.3, 0.4) is 0 Å². The molecule has 0 aliphatic carbocycles. The molecule has 0 spiro atoms. The lowest BCUT2D eigenvalue weighted by Crippen LogP contribution is -2.51. The summed E-state index contributed by atoms with van der Waals surface area (Å²) in [5, 5.41) is 3.31. The minimum Gasteiger partial charge on any atom is -0.381 e. The van der Waals surface area contributed by atoms with Crippen molar-refractivity contribution >= 4 is 5.91 Å². The molecule has 4 nitrogen and oxygen atoms in total. The van der Waals surface area contributed by atoms with E-state index in [1.807, 2.05) is 0 Å². The van der Waals surface area contributed by atoms with Gasteiger partial charge < -0.3 is 14.8 Å². The average Bonchev–Trinajstić information content (AvgIpc) is 2.76. The molecule has 4 rings (SSSR count). The lowest BCUT2D eigenvalue weighted by atomic mass is 9.73. The topological polar surface area (TPSA) is 47.6 Å². The molecule has 2 aliphatic rings. The van der Waals surface area contributed by atoms with Gasteiger partial charge in [0, 0.05) is 19.8 Å². The zero-order chi connectivity index (χ0) is 21.0. The first kappa shape index (κ1) is 21.1. The molecule has 1 unspecified atom stereocenters. The number of carbonyl (C=O) groups excluding carboxylic acids is 1. The van der Waals surface area contributed by atoms with E-state index in [0.29, 0.717) is 19.8 Å². The molecule has 2 aromatic carbocycles. The number of carbonyl (C=O) groups is 1. The SMILES string of the molecule is Cc1ccc(-c2ccccc2CC2(C(=O)NC3CCCOC3)CCOCC2)c(C)c1. The highest BCUT2D eigenvalue weighted by Gasteiger charge is 2.41. The van der Waals surface area contributed by atoms with Crippen LogP contribution in [-0.2, 0) is 20.7 Å². The average molecular weight is 408 g/mol. The van der Waals surface area contributed by atoms with E-state index in [1.54, 1.807) is 0 Å². The van der Waals surface area contributed by atoms with Gasteiger partial charge in [-0.1, -0.05) is 48.0 Å². The summed E-state index contributed by atoms with van der Waals surface area (Å²) >= 11 is 0. The maximum absolute atomic E-state index is 13.5. The van der Waals surface area contributed by atoms with Crippen LogP contribution >= 0.6 is 0 Å². The highest BCUT2D eigenvalue weighted by atomic mass is 16.5. The molecule has 2 fully saturated rings. The fraction of sp³-hybridized carbons (Fsp3) is 0.500. The van der Waals surface area contributed by atoms with Gasteiger partial charge in [0.15, 0.2) is 0 Å². The highest BCUT2D eigenvalue weighted by Crippen LogP contribution is 2.38. The number of ether oxygens (including phenoxy) is 2. The van der Waals surface area contributed by atoms with Crippen LogP contribution < -0.4 is 5.32 Å². The third-order valence-corrected chi connectivity index (χ3v) is 6.65. The number of aryl methyl sites for hydroxylation is 2. The van der Waals surface area contributed by atoms with E-state index in [-0.39, 0.29) is 11.9 Å². The Balaban J connectivity index is 1.63. The number of hydrogen-bond acceptors (Lipinski definition) is 3. The first-order valence-electron chi connectivity index (χ1n) is 11.2. The predicted octanol–water partition coefficient (Wildman–Crippen LogP) is 4.60. The summed E-state index contributed by atoms with van der Waals surface area (Å²) in [4.78, 5) is 13.5. The fourth-order valence-electron chi connectivity index (χ4n) is 4.86. The van der Waals surface area contributed by atoms with Gasteiger partial charge in [-0.15, -0.1) is 0 Å². The Morgan fingerprint density at radius 3 is 2.57 bits per heavy atom. The molecule has 30 heavy (non-hydrogen) atoms. The zero-order valence-corrected chi connectivity index (χ0v) is 18.2. The van der Waals surface area contributed by atoms with E-state index in [1.165, 1.54) is 27.8 Å². The van der Waals surface area contributed by atoms with Crippen molar-refractivity contribution in [3.8, 4) is 11.1 Å². The van der Waals surface area contributed by atoms with Gasteiger partial charge in [-0.25, -0.2) is 0 Å². The van der Waals surface area contributed by atoms with Crippen LogP contribution in [0.2, 0.25) is 0 Å². The van der Waals surface area contributed by atoms with Crippen LogP contribution in [0.5, 0.6) is 0 Å². The Hall–Kier alpha value is -2.17. The summed E-state index contributed by atoms with van der Waals surface area (Å²) < 4.78 is 11.2. The molecular weight excluding hydrogens is 374 g/mol. The van der Waals surface area contributed by atoms with Gasteiger partial charge in [-0.2, -0.15) is 0 Å². The third-order valence-electron chi connectivity index (χ3n) is 6.65. The van der Waals surface area contributed by atoms with E-state index in [9.17, 15) is 4.79 Å². The molecule has 2 saturated heterocycles. The van der Waals surface area contributed by atoms with Crippen LogP contribution in [0.4, 0.5) is 0 Å². The molecule has 1 atom stereocenters. The van der Waals surface area contributed by atoms with Crippen molar-refractivity contribution in [2.45, 2.75) is 52.0 Å². The molecule has 0 bridgehead atoms. The van der Waals surface area contributed by atoms with Crippen LogP contribution in [0, 0.1) is 19.3 Å². The molecule has 0 aromatic heterocycles. The standard InChI is InChI=1S/C26H33NO3/c1-19-9-10-23(20(2)16-19)24-8-4-3-6-21(24)17-26(11-14-29-15-12-26)25(28)27-22-7-5-13-30-18-22/h3-4,6,8-10,16,22H,5,7,11-15,17-18H2,1-2H3,(H,27,28). The summed E-state index contributed by atoms with van der Waals surface area (Å²) in [6, 6.07) is 15.3. The summed E-state index contributed by atoms with van der Waals surface area (Å²) in [5.41, 5.74) is 5.83. The van der Waals surface area contributed by atoms with E-state index >= 15 is 0 Å². The summed E-state index contributed by atoms with van der Waals surface area (Å²) in [6.07, 6.45) is 4.26. The molecule has 2 aromatic rings. The monoisotopic (exact) mass is 407 g/mol. The minimum atomic E-state index is -0.426. The smallest absolute Gasteiger partial charge is 0.227 e. The van der Waals surface area contributed by atoms with Gasteiger partial charge in [0.05, 0.1) is 18.1 Å². The van der Waals surface area contributed by atoms with Gasteiger partial charge in [-0.3, -0.25) is 4.79 Å². The predicted molar refractivity (Wildman–Crippen MR) is 120 cm³/mol. The molecule has 160 valence electrons. The second-order valence-electron chi connectivity index (χ2n) is 8.93. The number of hydrogen-bond donors (Lipinski definition) is 1. The van der Waals surface area contributed by atoms with Crippen molar-refractivity contribution in [1.82, 2.24) is 5.32 Å². The van der Waals surface area contributed by atoms with Crippen LogP contribution in [-0.4, -0.2) is 38.4 Å². The second-order valence-corrected chi connectivity index (χ2v) is 8.93. The number of amides is 1. The molecule has 2 aliphatic heterocycles. The zero-order valence-electron chi connectivity index (χ0n) is 18.2. The minimum absolute atomic E-state index is 0.126. The molecule has 0 radical (unpaired) electrons. The molecule has 4 heteroatoms. The van der Waals surface area contributed by atoms with Gasteiger partial charge in [0.25, 0.3) is 0 Å². The Morgan fingerprint density at radius 1 is 1.03 bits per heavy atom. The van der Waals surface area contributed by atoms with Crippen LogP contribution in [0.25, 0.3) is 11.1 Å². The molecule has 1 amide bonds. The van der Waals surface area contributed by atoms with Crippen molar-refractivity contribution in [2.24, 2.45) is 5.41 Å². The fourth-order valence-corrected chi connectivity index (χ4v) is 4.86. The Bertz CT molecular complexity index is 880. The van der Waals surface area contributed by atoms with Gasteiger partial charge in [0.2, 0.25) is 5.91 Å². The highest BCUT2D eigenvalue weighted by molar-refractivity contribution is 5.84. The lowest BCUT2D eigenvalue weighted by Gasteiger charge is -2.38. The van der Waals surface area contributed by atoms with E-state index < -0.39 is 5.41 Å². The first-order chi connectivity index (χ1) is 14.6. The van der Waals surface area contributed by atoms with Crippen molar-refractivity contribution in [3.05, 3.63) is 59.2 Å². The lowest BCUT2D eigenvalue weighted by molar-refractivity contribution is -0.138. The summed E-state index contributed by atoms with van der Waals surface area (Å²) in [5.74, 6) is 0.164. The number of nitrogens with one attached hydrogen (secondary N) is 1. The van der Waals surface area contributed by atoms with Crippen molar-refractivity contribution < 1.29 is 14.3 Å². The number of rotatable bonds is 5. The number of benzene rings is 2. The third kappa shape index (κ3) is 4.60. The molecular formula is C26H33NO3. The molecule has 0 saturated carbocycles. The first-order valence-corrected chi connectivity index (χ1v) is 11.2. The second kappa shape index (κ2) is 9.32. The summed E-state index contributed by atoms with van der Waals surface area (Å²) in [6.45, 7) is 6.99. The van der Waals surface area contributed by atoms with Crippen molar-refractivity contribution in [1.29, 1.82) is 0 Å². The quantitative estimate of drug-likeness (QED) is 0.788. The van der Waals surface area contributed by atoms with E-state index in [2.05, 4.69) is 61.6 Å². The van der Waals surface area contributed by atoms with Crippen molar-refractivity contribution in [3.63, 3.8) is 0 Å². The largest absolute Gasteiger partial charge is 0.381 e. The van der Waals surface area contributed by atoms with E-state index in [4.69, 9.17) is 9.47 Å². The Labute approximate surface area is 180 Å². The Kier molecular flexibility index (Phi) is 6.55. The summed E-state index contributed by atoms with van der Waals surface area (Å²) in [7, 11) is 0. The normalized spacial score (nSPS) is 21.2. The van der Waals surface area contributed by atoms with Gasteiger partial charge in [0.1, 0.15) is 0 Å². The maximum atomic E-state index is 13.5. The molecule has 1 N–H and O–H groups in total. The van der Waals surface area contributed by atoms with Crippen LogP contribution in [0.1, 0.15) is 42.4 Å². The maximum Gasteiger partial charge on any atom is 0.227 e. The Morgan fingerprint density at radius 2 is 1.83 bits per heavy atom.